The monoisotopic (exact) mass is 418 g/mol. The lowest BCUT2D eigenvalue weighted by atomic mass is 10.00. The summed E-state index contributed by atoms with van der Waals surface area (Å²) in [5, 5.41) is 16.8. The normalized spacial score (nSPS) is 18.3. The Bertz CT molecular complexity index is 676. The molecule has 3 N–H and O–H groups in total. The predicted octanol–water partition coefficient (Wildman–Crippen LogP) is 2.71. The number of aliphatic hydroxyl groups excluding tert-OH is 1. The fraction of sp³-hybridized carbons (Fsp3) is 0.652. The van der Waals surface area contributed by atoms with Crippen LogP contribution in [0.3, 0.4) is 0 Å². The van der Waals surface area contributed by atoms with Gasteiger partial charge in [-0.05, 0) is 57.2 Å². The van der Waals surface area contributed by atoms with Gasteiger partial charge >= 0.3 is 0 Å². The molecule has 1 heterocycles. The van der Waals surface area contributed by atoms with Crippen molar-refractivity contribution in [1.29, 1.82) is 0 Å². The Morgan fingerprint density at radius 3 is 2.67 bits per heavy atom. The molecule has 1 aliphatic heterocycles. The molecule has 1 saturated heterocycles. The molecule has 7 heteroatoms. The van der Waals surface area contributed by atoms with Crippen molar-refractivity contribution in [3.05, 3.63) is 29.8 Å². The van der Waals surface area contributed by atoms with Crippen molar-refractivity contribution in [2.45, 2.75) is 59.2 Å². The Labute approximate surface area is 180 Å². The van der Waals surface area contributed by atoms with Gasteiger partial charge in [0.25, 0.3) is 0 Å². The van der Waals surface area contributed by atoms with Gasteiger partial charge in [0.1, 0.15) is 5.75 Å². The van der Waals surface area contributed by atoms with Crippen molar-refractivity contribution in [2.75, 3.05) is 32.7 Å². The number of amides is 1. The number of aliphatic hydroxyl groups is 1. The van der Waals surface area contributed by atoms with Crippen molar-refractivity contribution in [3.63, 3.8) is 0 Å². The van der Waals surface area contributed by atoms with E-state index in [1.54, 1.807) is 0 Å². The first-order valence-corrected chi connectivity index (χ1v) is 11.1. The van der Waals surface area contributed by atoms with E-state index >= 15 is 0 Å². The fourth-order valence-electron chi connectivity index (χ4n) is 3.53. The van der Waals surface area contributed by atoms with Gasteiger partial charge in [-0.3, -0.25) is 9.79 Å². The summed E-state index contributed by atoms with van der Waals surface area (Å²) in [6, 6.07) is 7.44. The molecule has 0 bridgehead atoms. The summed E-state index contributed by atoms with van der Waals surface area (Å²) in [6.07, 6.45) is 2.15. The highest BCUT2D eigenvalue weighted by molar-refractivity contribution is 5.81. The lowest BCUT2D eigenvalue weighted by Crippen LogP contribution is -2.42. The number of guanidine groups is 1. The third kappa shape index (κ3) is 8.22. The summed E-state index contributed by atoms with van der Waals surface area (Å²) in [6.45, 7) is 11.3. The number of nitrogens with one attached hydrogen (secondary N) is 2. The summed E-state index contributed by atoms with van der Waals surface area (Å²) in [4.78, 5) is 18.8. The van der Waals surface area contributed by atoms with Crippen LogP contribution in [0.25, 0.3) is 0 Å². The van der Waals surface area contributed by atoms with Crippen molar-refractivity contribution in [3.8, 4) is 5.75 Å². The zero-order chi connectivity index (χ0) is 21.9. The van der Waals surface area contributed by atoms with Crippen LogP contribution >= 0.6 is 0 Å². The van der Waals surface area contributed by atoms with E-state index in [2.05, 4.69) is 22.5 Å². The number of ether oxygens (including phenoxy) is 1. The molecule has 168 valence electrons. The molecule has 0 aromatic heterocycles. The Balaban J connectivity index is 1.82. The second-order valence-corrected chi connectivity index (χ2v) is 8.23. The van der Waals surface area contributed by atoms with Gasteiger partial charge in [-0.1, -0.05) is 19.1 Å². The Kier molecular flexibility index (Phi) is 9.94. The van der Waals surface area contributed by atoms with Crippen LogP contribution in [-0.4, -0.2) is 60.7 Å². The van der Waals surface area contributed by atoms with Gasteiger partial charge in [0.05, 0.1) is 18.8 Å². The van der Waals surface area contributed by atoms with Crippen LogP contribution in [0.2, 0.25) is 0 Å². The first-order chi connectivity index (χ1) is 14.4. The molecule has 1 aromatic rings. The maximum absolute atomic E-state index is 12.4. The predicted molar refractivity (Wildman–Crippen MR) is 121 cm³/mol. The van der Waals surface area contributed by atoms with Gasteiger partial charge in [0.2, 0.25) is 5.91 Å². The number of benzene rings is 1. The Morgan fingerprint density at radius 2 is 2.03 bits per heavy atom. The number of hydrogen-bond acceptors (Lipinski definition) is 4. The van der Waals surface area contributed by atoms with E-state index in [0.29, 0.717) is 31.4 Å². The van der Waals surface area contributed by atoms with Gasteiger partial charge in [0, 0.05) is 32.6 Å². The zero-order valence-corrected chi connectivity index (χ0v) is 18.9. The van der Waals surface area contributed by atoms with E-state index in [9.17, 15) is 9.90 Å². The van der Waals surface area contributed by atoms with Crippen LogP contribution in [0.4, 0.5) is 0 Å². The second-order valence-electron chi connectivity index (χ2n) is 8.23. The van der Waals surface area contributed by atoms with E-state index < -0.39 is 6.10 Å². The largest absolute Gasteiger partial charge is 0.491 e. The van der Waals surface area contributed by atoms with Gasteiger partial charge < -0.3 is 25.4 Å². The van der Waals surface area contributed by atoms with E-state index in [1.165, 1.54) is 6.42 Å². The van der Waals surface area contributed by atoms with Gasteiger partial charge in [-0.2, -0.15) is 0 Å². The maximum Gasteiger partial charge on any atom is 0.224 e. The summed E-state index contributed by atoms with van der Waals surface area (Å²) < 4.78 is 5.63. The van der Waals surface area contributed by atoms with Crippen LogP contribution < -0.4 is 15.4 Å². The van der Waals surface area contributed by atoms with E-state index in [4.69, 9.17) is 4.74 Å². The summed E-state index contributed by atoms with van der Waals surface area (Å²) >= 11 is 0. The molecule has 0 radical (unpaired) electrons. The number of hydrogen-bond donors (Lipinski definition) is 3. The van der Waals surface area contributed by atoms with E-state index in [0.717, 1.165) is 30.8 Å². The van der Waals surface area contributed by atoms with Crippen LogP contribution in [0.1, 0.15) is 58.6 Å². The summed E-state index contributed by atoms with van der Waals surface area (Å²) in [5.74, 6) is 2.17. The van der Waals surface area contributed by atoms with Crippen molar-refractivity contribution in [2.24, 2.45) is 10.9 Å². The highest BCUT2D eigenvalue weighted by atomic mass is 16.5. The molecule has 1 aliphatic rings. The lowest BCUT2D eigenvalue weighted by Gasteiger charge is -2.31. The minimum atomic E-state index is -0.704. The third-order valence-corrected chi connectivity index (χ3v) is 5.04. The molecule has 1 aromatic carbocycles. The van der Waals surface area contributed by atoms with Crippen LogP contribution in [0, 0.1) is 5.92 Å². The smallest absolute Gasteiger partial charge is 0.224 e. The number of nitrogens with zero attached hydrogens (tertiary/aromatic N) is 2. The fourth-order valence-corrected chi connectivity index (χ4v) is 3.53. The average molecular weight is 419 g/mol. The topological polar surface area (TPSA) is 86.2 Å². The quantitative estimate of drug-likeness (QED) is 0.424. The number of piperidine rings is 1. The standard InChI is InChI=1S/C23H38N4O3/c1-5-24-23(25-13-12-22(29)27-14-6-7-18(4)16-27)26-15-21(28)19-8-10-20(11-9-19)30-17(2)3/h8-11,17-18,21,28H,5-7,12-16H2,1-4H3,(H2,24,25,26). The molecule has 1 amide bonds. The van der Waals surface area contributed by atoms with Crippen LogP contribution in [0.15, 0.2) is 29.3 Å². The van der Waals surface area contributed by atoms with Gasteiger partial charge in [-0.25, -0.2) is 0 Å². The molecule has 2 atom stereocenters. The molecule has 30 heavy (non-hydrogen) atoms. The molecular weight excluding hydrogens is 380 g/mol. The van der Waals surface area contributed by atoms with E-state index in [-0.39, 0.29) is 18.6 Å². The third-order valence-electron chi connectivity index (χ3n) is 5.04. The SMILES string of the molecule is CCNC(=NCC(O)c1ccc(OC(C)C)cc1)NCCC(=O)N1CCCC(C)C1. The zero-order valence-electron chi connectivity index (χ0n) is 18.9. The molecule has 2 rings (SSSR count). The Morgan fingerprint density at radius 1 is 1.30 bits per heavy atom. The number of rotatable bonds is 9. The van der Waals surface area contributed by atoms with Crippen LogP contribution in [-0.2, 0) is 4.79 Å². The minimum Gasteiger partial charge on any atom is -0.491 e. The molecule has 0 saturated carbocycles. The number of aliphatic imine (C=N–C) groups is 1. The molecule has 7 nitrogen and oxygen atoms in total. The van der Waals surface area contributed by atoms with Crippen molar-refractivity contribution in [1.82, 2.24) is 15.5 Å². The number of likely N-dealkylation sites (tertiary alicyclic amines) is 1. The molecule has 0 spiro atoms. The van der Waals surface area contributed by atoms with Gasteiger partial charge in [-0.15, -0.1) is 0 Å². The van der Waals surface area contributed by atoms with Crippen molar-refractivity contribution >= 4 is 11.9 Å². The molecule has 1 fully saturated rings. The highest BCUT2D eigenvalue weighted by Gasteiger charge is 2.20. The molecular formula is C23H38N4O3. The van der Waals surface area contributed by atoms with Crippen molar-refractivity contribution < 1.29 is 14.6 Å². The number of carbonyl (C=O) groups excluding carboxylic acids is 1. The first-order valence-electron chi connectivity index (χ1n) is 11.1. The van der Waals surface area contributed by atoms with Gasteiger partial charge in [0.15, 0.2) is 5.96 Å². The average Bonchev–Trinajstić information content (AvgIpc) is 2.71. The maximum atomic E-state index is 12.4. The van der Waals surface area contributed by atoms with Crippen LogP contribution in [0.5, 0.6) is 5.75 Å². The van der Waals surface area contributed by atoms with E-state index in [1.807, 2.05) is 49.9 Å². The summed E-state index contributed by atoms with van der Waals surface area (Å²) in [7, 11) is 0. The summed E-state index contributed by atoms with van der Waals surface area (Å²) in [5.41, 5.74) is 0.792. The first kappa shape index (κ1) is 24.0. The Hall–Kier alpha value is -2.28. The number of carbonyl (C=O) groups is 1. The second kappa shape index (κ2) is 12.4. The molecule has 2 unspecified atom stereocenters. The minimum absolute atomic E-state index is 0.115. The molecule has 0 aliphatic carbocycles. The highest BCUT2D eigenvalue weighted by Crippen LogP contribution is 2.19. The lowest BCUT2D eigenvalue weighted by molar-refractivity contribution is -0.132.